The Bertz CT molecular complexity index is 627. The SMILES string of the molecule is CC(C)[C@H](C)NC(=O)c1cc(S(=O)(=O)N(C)C)ccc1Cl. The Morgan fingerprint density at radius 1 is 1.24 bits per heavy atom. The highest BCUT2D eigenvalue weighted by atomic mass is 35.5. The first kappa shape index (κ1) is 17.9. The number of rotatable bonds is 5. The van der Waals surface area contributed by atoms with E-state index in [0.717, 1.165) is 4.31 Å². The van der Waals surface area contributed by atoms with Gasteiger partial charge in [0.1, 0.15) is 0 Å². The van der Waals surface area contributed by atoms with Crippen LogP contribution in [-0.2, 0) is 10.0 Å². The van der Waals surface area contributed by atoms with E-state index in [-0.39, 0.29) is 33.3 Å². The molecule has 1 aromatic rings. The number of amides is 1. The van der Waals surface area contributed by atoms with E-state index in [4.69, 9.17) is 11.6 Å². The van der Waals surface area contributed by atoms with Crippen molar-refractivity contribution in [1.29, 1.82) is 0 Å². The maximum atomic E-state index is 12.2. The topological polar surface area (TPSA) is 66.5 Å². The van der Waals surface area contributed by atoms with Crippen molar-refractivity contribution in [3.8, 4) is 0 Å². The highest BCUT2D eigenvalue weighted by Gasteiger charge is 2.21. The van der Waals surface area contributed by atoms with Crippen LogP contribution < -0.4 is 5.32 Å². The van der Waals surface area contributed by atoms with Crippen LogP contribution in [0.15, 0.2) is 23.1 Å². The van der Waals surface area contributed by atoms with Crippen molar-refractivity contribution in [3.63, 3.8) is 0 Å². The number of carbonyl (C=O) groups excluding carboxylic acids is 1. The lowest BCUT2D eigenvalue weighted by Gasteiger charge is -2.18. The smallest absolute Gasteiger partial charge is 0.253 e. The van der Waals surface area contributed by atoms with Crippen LogP contribution >= 0.6 is 11.6 Å². The molecule has 0 saturated heterocycles. The fourth-order valence-corrected chi connectivity index (χ4v) is 2.63. The van der Waals surface area contributed by atoms with E-state index in [1.54, 1.807) is 0 Å². The van der Waals surface area contributed by atoms with Crippen LogP contribution in [0, 0.1) is 5.92 Å². The van der Waals surface area contributed by atoms with Crippen LogP contribution in [0.5, 0.6) is 0 Å². The van der Waals surface area contributed by atoms with E-state index < -0.39 is 10.0 Å². The lowest BCUT2D eigenvalue weighted by Crippen LogP contribution is -2.36. The van der Waals surface area contributed by atoms with Gasteiger partial charge in [-0.15, -0.1) is 0 Å². The van der Waals surface area contributed by atoms with Crippen LogP contribution in [0.25, 0.3) is 0 Å². The van der Waals surface area contributed by atoms with Crippen molar-refractivity contribution in [2.45, 2.75) is 31.7 Å². The van der Waals surface area contributed by atoms with Crippen LogP contribution in [-0.4, -0.2) is 38.8 Å². The second-order valence-electron chi connectivity index (χ2n) is 5.44. The summed E-state index contributed by atoms with van der Waals surface area (Å²) in [6.45, 7) is 5.86. The van der Waals surface area contributed by atoms with Crippen LogP contribution in [0.4, 0.5) is 0 Å². The summed E-state index contributed by atoms with van der Waals surface area (Å²) in [5, 5.41) is 3.04. The number of benzene rings is 1. The van der Waals surface area contributed by atoms with Gasteiger partial charge in [0.05, 0.1) is 15.5 Å². The average molecular weight is 333 g/mol. The molecule has 0 bridgehead atoms. The molecule has 21 heavy (non-hydrogen) atoms. The highest BCUT2D eigenvalue weighted by molar-refractivity contribution is 7.89. The number of nitrogens with zero attached hydrogens (tertiary/aromatic N) is 1. The van der Waals surface area contributed by atoms with Gasteiger partial charge in [0.2, 0.25) is 10.0 Å². The minimum atomic E-state index is -3.60. The number of halogens is 1. The van der Waals surface area contributed by atoms with E-state index in [0.29, 0.717) is 0 Å². The Morgan fingerprint density at radius 3 is 2.29 bits per heavy atom. The van der Waals surface area contributed by atoms with Gasteiger partial charge in [-0.2, -0.15) is 0 Å². The van der Waals surface area contributed by atoms with E-state index in [1.807, 2.05) is 20.8 Å². The predicted molar refractivity (Wildman–Crippen MR) is 84.1 cm³/mol. The second-order valence-corrected chi connectivity index (χ2v) is 7.99. The van der Waals surface area contributed by atoms with Crippen LogP contribution in [0.2, 0.25) is 5.02 Å². The lowest BCUT2D eigenvalue weighted by molar-refractivity contribution is 0.0930. The fourth-order valence-electron chi connectivity index (χ4n) is 1.50. The molecule has 0 radical (unpaired) electrons. The zero-order valence-electron chi connectivity index (χ0n) is 12.8. The standard InChI is InChI=1S/C14H21ClN2O3S/c1-9(2)10(3)16-14(18)12-8-11(6-7-13(12)15)21(19,20)17(4)5/h6-10H,1-5H3,(H,16,18)/t10-/m0/s1. The molecule has 1 N–H and O–H groups in total. The van der Waals surface area contributed by atoms with Gasteiger partial charge in [-0.1, -0.05) is 25.4 Å². The fraction of sp³-hybridized carbons (Fsp3) is 0.500. The molecule has 0 unspecified atom stereocenters. The van der Waals surface area contributed by atoms with E-state index in [9.17, 15) is 13.2 Å². The average Bonchev–Trinajstić information content (AvgIpc) is 2.38. The van der Waals surface area contributed by atoms with E-state index in [1.165, 1.54) is 32.3 Å². The lowest BCUT2D eigenvalue weighted by atomic mass is 10.1. The summed E-state index contributed by atoms with van der Waals surface area (Å²) in [4.78, 5) is 12.3. The molecular formula is C14H21ClN2O3S. The third-order valence-corrected chi connectivity index (χ3v) is 5.46. The predicted octanol–water partition coefficient (Wildman–Crippen LogP) is 2.36. The largest absolute Gasteiger partial charge is 0.349 e. The summed E-state index contributed by atoms with van der Waals surface area (Å²) in [6.07, 6.45) is 0. The van der Waals surface area contributed by atoms with Crippen LogP contribution in [0.3, 0.4) is 0 Å². The summed E-state index contributed by atoms with van der Waals surface area (Å²) in [7, 11) is -0.730. The molecule has 0 fully saturated rings. The van der Waals surface area contributed by atoms with Crippen LogP contribution in [0.1, 0.15) is 31.1 Å². The molecule has 7 heteroatoms. The molecule has 0 heterocycles. The zero-order chi connectivity index (χ0) is 16.4. The normalized spacial score (nSPS) is 13.5. The molecule has 0 aliphatic rings. The molecule has 1 atom stereocenters. The number of hydrogen-bond acceptors (Lipinski definition) is 3. The van der Waals surface area contributed by atoms with Gasteiger partial charge in [-0.3, -0.25) is 4.79 Å². The number of nitrogens with one attached hydrogen (secondary N) is 1. The van der Waals surface area contributed by atoms with Crippen molar-refractivity contribution in [2.24, 2.45) is 5.92 Å². The number of hydrogen-bond donors (Lipinski definition) is 1. The molecule has 1 amide bonds. The molecule has 0 aromatic heterocycles. The van der Waals surface area contributed by atoms with E-state index >= 15 is 0 Å². The van der Waals surface area contributed by atoms with Gasteiger partial charge in [-0.25, -0.2) is 12.7 Å². The minimum Gasteiger partial charge on any atom is -0.349 e. The van der Waals surface area contributed by atoms with Gasteiger partial charge in [-0.05, 0) is 31.0 Å². The van der Waals surface area contributed by atoms with E-state index in [2.05, 4.69) is 5.32 Å². The maximum absolute atomic E-state index is 12.2. The molecule has 1 aromatic carbocycles. The maximum Gasteiger partial charge on any atom is 0.253 e. The molecule has 118 valence electrons. The summed E-state index contributed by atoms with van der Waals surface area (Å²) in [5.41, 5.74) is 0.159. The molecule has 0 spiro atoms. The molecule has 0 aliphatic carbocycles. The third-order valence-electron chi connectivity index (χ3n) is 3.32. The van der Waals surface area contributed by atoms with Crippen molar-refractivity contribution in [1.82, 2.24) is 9.62 Å². The summed E-state index contributed by atoms with van der Waals surface area (Å²) < 4.78 is 25.3. The first-order valence-corrected chi connectivity index (χ1v) is 8.42. The van der Waals surface area contributed by atoms with Gasteiger partial charge in [0, 0.05) is 20.1 Å². The Morgan fingerprint density at radius 2 is 1.81 bits per heavy atom. The number of sulfonamides is 1. The highest BCUT2D eigenvalue weighted by Crippen LogP contribution is 2.22. The van der Waals surface area contributed by atoms with Gasteiger partial charge in [0.25, 0.3) is 5.91 Å². The van der Waals surface area contributed by atoms with Gasteiger partial charge < -0.3 is 5.32 Å². The summed E-state index contributed by atoms with van der Waals surface area (Å²) >= 11 is 6.01. The minimum absolute atomic E-state index is 0.0392. The van der Waals surface area contributed by atoms with Crippen molar-refractivity contribution < 1.29 is 13.2 Å². The molecule has 0 saturated carbocycles. The first-order valence-electron chi connectivity index (χ1n) is 6.60. The zero-order valence-corrected chi connectivity index (χ0v) is 14.4. The number of carbonyl (C=O) groups is 1. The monoisotopic (exact) mass is 332 g/mol. The molecular weight excluding hydrogens is 312 g/mol. The Labute approximate surface area is 131 Å². The van der Waals surface area contributed by atoms with Crippen molar-refractivity contribution in [3.05, 3.63) is 28.8 Å². The quantitative estimate of drug-likeness (QED) is 0.900. The van der Waals surface area contributed by atoms with Crippen molar-refractivity contribution >= 4 is 27.5 Å². The second kappa shape index (κ2) is 6.77. The molecule has 5 nitrogen and oxygen atoms in total. The van der Waals surface area contributed by atoms with Crippen molar-refractivity contribution in [2.75, 3.05) is 14.1 Å². The summed E-state index contributed by atoms with van der Waals surface area (Å²) in [5.74, 6) is -0.113. The van der Waals surface area contributed by atoms with Gasteiger partial charge in [0.15, 0.2) is 0 Å². The summed E-state index contributed by atoms with van der Waals surface area (Å²) in [6, 6.07) is 4.08. The Hall–Kier alpha value is -1.11. The Balaban J connectivity index is 3.17. The first-order chi connectivity index (χ1) is 9.57. The molecule has 1 rings (SSSR count). The Kier molecular flexibility index (Phi) is 5.78. The molecule has 0 aliphatic heterocycles. The third kappa shape index (κ3) is 4.18. The van der Waals surface area contributed by atoms with Gasteiger partial charge >= 0.3 is 0 Å².